The molecule has 0 N–H and O–H groups in total. The van der Waals surface area contributed by atoms with Gasteiger partial charge in [-0.2, -0.15) is 0 Å². The predicted molar refractivity (Wildman–Crippen MR) is 72.2 cm³/mol. The smallest absolute Gasteiger partial charge is 0.433 e. The van der Waals surface area contributed by atoms with E-state index in [-0.39, 0.29) is 27.5 Å². The zero-order valence-electron chi connectivity index (χ0n) is 10.7. The first-order valence-electron chi connectivity index (χ1n) is 5.63. The minimum atomic E-state index is -1.68. The number of hydrogen-bond acceptors (Lipinski definition) is 9. The lowest BCUT2D eigenvalue weighted by molar-refractivity contribution is -0.401. The zero-order chi connectivity index (χ0) is 15.4. The van der Waals surface area contributed by atoms with Crippen molar-refractivity contribution in [1.29, 1.82) is 0 Å². The summed E-state index contributed by atoms with van der Waals surface area (Å²) in [7, 11) is -1.68. The normalized spacial score (nSPS) is 12.0. The first kappa shape index (κ1) is 15.3. The largest absolute Gasteiger partial charge is 0.465 e. The molecule has 1 atom stereocenters. The molecule has 0 saturated heterocycles. The van der Waals surface area contributed by atoms with Crippen LogP contribution in [0.15, 0.2) is 20.9 Å². The maximum Gasteiger partial charge on any atom is 0.433 e. The molecule has 0 aliphatic heterocycles. The SMILES string of the molecule is CCOC(=O)CS(=O)c1nnc(-c2ccc([N+](=O)[O-])o2)s1. The van der Waals surface area contributed by atoms with Gasteiger partial charge in [0, 0.05) is 0 Å². The van der Waals surface area contributed by atoms with Crippen LogP contribution in [0.1, 0.15) is 6.92 Å². The van der Waals surface area contributed by atoms with Crippen molar-refractivity contribution in [2.75, 3.05) is 12.4 Å². The third-order valence-electron chi connectivity index (χ3n) is 2.14. The molecule has 2 aromatic rings. The fourth-order valence-corrected chi connectivity index (χ4v) is 3.19. The Morgan fingerprint density at radius 3 is 2.90 bits per heavy atom. The number of nitro groups is 1. The molecule has 11 heteroatoms. The van der Waals surface area contributed by atoms with Crippen LogP contribution in [0.3, 0.4) is 0 Å². The fourth-order valence-electron chi connectivity index (χ4n) is 1.31. The van der Waals surface area contributed by atoms with Gasteiger partial charge in [-0.15, -0.1) is 10.2 Å². The molecule has 0 aliphatic carbocycles. The van der Waals surface area contributed by atoms with Gasteiger partial charge in [0.25, 0.3) is 0 Å². The van der Waals surface area contributed by atoms with Crippen LogP contribution in [0.25, 0.3) is 10.8 Å². The Bertz CT molecular complexity index is 695. The second-order valence-corrected chi connectivity index (χ2v) is 6.17. The quantitative estimate of drug-likeness (QED) is 0.441. The van der Waals surface area contributed by atoms with Crippen LogP contribution in [0, 0.1) is 10.1 Å². The summed E-state index contributed by atoms with van der Waals surface area (Å²) in [5, 5.41) is 18.2. The second kappa shape index (κ2) is 6.54. The number of hydrogen-bond donors (Lipinski definition) is 0. The van der Waals surface area contributed by atoms with Crippen molar-refractivity contribution >= 4 is 34.0 Å². The van der Waals surface area contributed by atoms with E-state index >= 15 is 0 Å². The van der Waals surface area contributed by atoms with Gasteiger partial charge in [-0.3, -0.25) is 19.1 Å². The highest BCUT2D eigenvalue weighted by Gasteiger charge is 2.20. The molecule has 0 bridgehead atoms. The van der Waals surface area contributed by atoms with E-state index in [1.54, 1.807) is 6.92 Å². The first-order chi connectivity index (χ1) is 10.0. The number of carbonyl (C=O) groups is 1. The van der Waals surface area contributed by atoms with Crippen molar-refractivity contribution in [2.45, 2.75) is 11.3 Å². The summed E-state index contributed by atoms with van der Waals surface area (Å²) >= 11 is 0.933. The lowest BCUT2D eigenvalue weighted by Crippen LogP contribution is -2.13. The van der Waals surface area contributed by atoms with Gasteiger partial charge in [0.15, 0.2) is 10.8 Å². The van der Waals surface area contributed by atoms with E-state index in [1.807, 2.05) is 0 Å². The van der Waals surface area contributed by atoms with Gasteiger partial charge in [0.2, 0.25) is 4.34 Å². The standard InChI is InChI=1S/C10H9N3O6S2/c1-2-18-8(14)5-21(17)10-12-11-9(20-10)6-3-4-7(19-6)13(15)16/h3-4H,2,5H2,1H3. The molecule has 0 spiro atoms. The Hall–Kier alpha value is -2.14. The molecule has 21 heavy (non-hydrogen) atoms. The lowest BCUT2D eigenvalue weighted by Gasteiger charge is -1.98. The van der Waals surface area contributed by atoms with E-state index in [9.17, 15) is 19.1 Å². The number of carbonyl (C=O) groups excluding carboxylic acids is 1. The average Bonchev–Trinajstić information content (AvgIpc) is 3.08. The molecule has 0 aromatic carbocycles. The third-order valence-corrected chi connectivity index (χ3v) is 4.65. The first-order valence-corrected chi connectivity index (χ1v) is 7.77. The van der Waals surface area contributed by atoms with Crippen LogP contribution in [0.5, 0.6) is 0 Å². The summed E-state index contributed by atoms with van der Waals surface area (Å²) in [6.45, 7) is 1.85. The molecule has 0 saturated carbocycles. The van der Waals surface area contributed by atoms with Crippen molar-refractivity contribution in [3.63, 3.8) is 0 Å². The minimum Gasteiger partial charge on any atom is -0.465 e. The van der Waals surface area contributed by atoms with Gasteiger partial charge in [0.05, 0.1) is 23.5 Å². The molecule has 0 aliphatic rings. The average molecular weight is 331 g/mol. The number of ether oxygens (including phenoxy) is 1. The number of esters is 1. The van der Waals surface area contributed by atoms with Gasteiger partial charge < -0.3 is 9.15 Å². The van der Waals surface area contributed by atoms with Crippen LogP contribution in [-0.2, 0) is 20.3 Å². The van der Waals surface area contributed by atoms with Crippen molar-refractivity contribution < 1.29 is 23.1 Å². The Labute approximate surface area is 124 Å². The highest BCUT2D eigenvalue weighted by molar-refractivity contribution is 7.87. The lowest BCUT2D eigenvalue weighted by atomic mass is 10.5. The summed E-state index contributed by atoms with van der Waals surface area (Å²) in [6, 6.07) is 2.56. The Morgan fingerprint density at radius 2 is 2.29 bits per heavy atom. The summed E-state index contributed by atoms with van der Waals surface area (Å²) in [4.78, 5) is 21.1. The van der Waals surface area contributed by atoms with Crippen molar-refractivity contribution in [3.05, 3.63) is 22.2 Å². The molecular formula is C10H9N3O6S2. The van der Waals surface area contributed by atoms with Gasteiger partial charge in [-0.05, 0) is 13.0 Å². The monoisotopic (exact) mass is 331 g/mol. The van der Waals surface area contributed by atoms with Crippen LogP contribution < -0.4 is 0 Å². The topological polar surface area (TPSA) is 125 Å². The molecule has 2 aromatic heterocycles. The zero-order valence-corrected chi connectivity index (χ0v) is 12.3. The second-order valence-electron chi connectivity index (χ2n) is 3.56. The molecule has 112 valence electrons. The van der Waals surface area contributed by atoms with Crippen LogP contribution in [0.2, 0.25) is 0 Å². The Kier molecular flexibility index (Phi) is 4.75. The molecule has 9 nitrogen and oxygen atoms in total. The molecule has 2 heterocycles. The van der Waals surface area contributed by atoms with E-state index in [1.165, 1.54) is 12.1 Å². The van der Waals surface area contributed by atoms with Gasteiger partial charge >= 0.3 is 11.9 Å². The van der Waals surface area contributed by atoms with Crippen LogP contribution in [0.4, 0.5) is 5.88 Å². The van der Waals surface area contributed by atoms with Gasteiger partial charge in [-0.1, -0.05) is 11.3 Å². The maximum absolute atomic E-state index is 11.9. The number of rotatable bonds is 6. The van der Waals surface area contributed by atoms with Crippen molar-refractivity contribution in [2.24, 2.45) is 0 Å². The fraction of sp³-hybridized carbons (Fsp3) is 0.300. The Balaban J connectivity index is 2.11. The molecule has 2 rings (SSSR count). The van der Waals surface area contributed by atoms with Crippen LogP contribution >= 0.6 is 11.3 Å². The summed E-state index contributed by atoms with van der Waals surface area (Å²) in [5.41, 5.74) is 0. The number of furan rings is 1. The number of nitrogens with zero attached hydrogens (tertiary/aromatic N) is 3. The maximum atomic E-state index is 11.9. The third kappa shape index (κ3) is 3.70. The molecule has 1 unspecified atom stereocenters. The van der Waals surface area contributed by atoms with Crippen LogP contribution in [-0.4, -0.2) is 37.7 Å². The van der Waals surface area contributed by atoms with Crippen molar-refractivity contribution in [1.82, 2.24) is 10.2 Å². The minimum absolute atomic E-state index is 0.122. The van der Waals surface area contributed by atoms with Crippen molar-refractivity contribution in [3.8, 4) is 10.8 Å². The van der Waals surface area contributed by atoms with Gasteiger partial charge in [-0.25, -0.2) is 0 Å². The Morgan fingerprint density at radius 1 is 1.52 bits per heavy atom. The molecular weight excluding hydrogens is 322 g/mol. The van der Waals surface area contributed by atoms with E-state index in [2.05, 4.69) is 14.9 Å². The van der Waals surface area contributed by atoms with E-state index < -0.39 is 27.6 Å². The summed E-state index contributed by atoms with van der Waals surface area (Å²) < 4.78 is 21.6. The van der Waals surface area contributed by atoms with E-state index in [0.717, 1.165) is 11.3 Å². The van der Waals surface area contributed by atoms with Gasteiger partial charge in [0.1, 0.15) is 10.7 Å². The molecule has 0 fully saturated rings. The number of aromatic nitrogens is 2. The van der Waals surface area contributed by atoms with E-state index in [0.29, 0.717) is 0 Å². The highest BCUT2D eigenvalue weighted by Crippen LogP contribution is 2.29. The molecule has 0 radical (unpaired) electrons. The summed E-state index contributed by atoms with van der Waals surface area (Å²) in [6.07, 6.45) is 0. The highest BCUT2D eigenvalue weighted by atomic mass is 32.2. The summed E-state index contributed by atoms with van der Waals surface area (Å²) in [5.74, 6) is -1.19. The predicted octanol–water partition coefficient (Wildman–Crippen LogP) is 1.38. The van der Waals surface area contributed by atoms with E-state index in [4.69, 9.17) is 4.42 Å². The molecule has 0 amide bonds.